The molecule has 1 aliphatic rings. The van der Waals surface area contributed by atoms with Gasteiger partial charge in [-0.3, -0.25) is 4.79 Å². The Kier molecular flexibility index (Phi) is 5.22. The Morgan fingerprint density at radius 3 is 2.56 bits per heavy atom. The number of ether oxygens (including phenoxy) is 1. The number of hydrogen-bond donors (Lipinski definition) is 1. The quantitative estimate of drug-likeness (QED) is 0.781. The van der Waals surface area contributed by atoms with E-state index in [-0.39, 0.29) is 18.1 Å². The van der Waals surface area contributed by atoms with Crippen molar-refractivity contribution < 1.29 is 9.53 Å². The minimum absolute atomic E-state index is 0.0421. The Bertz CT molecular complexity index is 231. The second kappa shape index (κ2) is 6.21. The molecular weight excluding hydrogens is 204 g/mol. The maximum atomic E-state index is 11.7. The van der Waals surface area contributed by atoms with Crippen molar-refractivity contribution in [3.63, 3.8) is 0 Å². The monoisotopic (exact) mass is 228 g/mol. The van der Waals surface area contributed by atoms with Gasteiger partial charge < -0.3 is 15.0 Å². The van der Waals surface area contributed by atoms with E-state index < -0.39 is 0 Å². The Labute approximate surface area is 98.3 Å². The van der Waals surface area contributed by atoms with E-state index in [0.29, 0.717) is 6.04 Å². The Hall–Kier alpha value is -0.610. The van der Waals surface area contributed by atoms with Gasteiger partial charge in [-0.25, -0.2) is 0 Å². The predicted octanol–water partition coefficient (Wildman–Crippen LogP) is 1.01. The summed E-state index contributed by atoms with van der Waals surface area (Å²) in [6, 6.07) is 0.395. The first-order valence-corrected chi connectivity index (χ1v) is 6.10. The summed E-state index contributed by atoms with van der Waals surface area (Å²) in [5.74, 6) is 0.0421. The fourth-order valence-corrected chi connectivity index (χ4v) is 2.27. The van der Waals surface area contributed by atoms with Gasteiger partial charge in [-0.05, 0) is 26.8 Å². The first kappa shape index (κ1) is 13.5. The van der Waals surface area contributed by atoms with Crippen molar-refractivity contribution in [2.45, 2.75) is 50.9 Å². The van der Waals surface area contributed by atoms with E-state index in [2.05, 4.69) is 5.32 Å². The summed E-state index contributed by atoms with van der Waals surface area (Å²) >= 11 is 0. The SMILES string of the molecule is CNC1CCCCC1OC(C)C(=O)N(C)C. The third-order valence-corrected chi connectivity index (χ3v) is 3.24. The van der Waals surface area contributed by atoms with Crippen LogP contribution in [0.4, 0.5) is 0 Å². The van der Waals surface area contributed by atoms with Gasteiger partial charge in [-0.15, -0.1) is 0 Å². The number of carbonyl (C=O) groups is 1. The number of rotatable bonds is 4. The van der Waals surface area contributed by atoms with Crippen molar-refractivity contribution >= 4 is 5.91 Å². The van der Waals surface area contributed by atoms with E-state index >= 15 is 0 Å². The van der Waals surface area contributed by atoms with E-state index in [1.54, 1.807) is 19.0 Å². The van der Waals surface area contributed by atoms with Gasteiger partial charge in [0.25, 0.3) is 5.91 Å². The number of nitrogens with one attached hydrogen (secondary N) is 1. The molecular formula is C12H24N2O2. The largest absolute Gasteiger partial charge is 0.364 e. The third-order valence-electron chi connectivity index (χ3n) is 3.24. The van der Waals surface area contributed by atoms with Gasteiger partial charge in [0, 0.05) is 20.1 Å². The molecule has 0 aliphatic heterocycles. The molecule has 1 aliphatic carbocycles. The van der Waals surface area contributed by atoms with Crippen molar-refractivity contribution in [3.05, 3.63) is 0 Å². The highest BCUT2D eigenvalue weighted by Gasteiger charge is 2.28. The normalized spacial score (nSPS) is 27.5. The van der Waals surface area contributed by atoms with Gasteiger partial charge in [-0.2, -0.15) is 0 Å². The number of nitrogens with zero attached hydrogens (tertiary/aromatic N) is 1. The maximum Gasteiger partial charge on any atom is 0.250 e. The first-order chi connectivity index (χ1) is 7.56. The van der Waals surface area contributed by atoms with Crippen molar-refractivity contribution in [2.75, 3.05) is 21.1 Å². The van der Waals surface area contributed by atoms with Crippen molar-refractivity contribution in [3.8, 4) is 0 Å². The molecule has 0 spiro atoms. The molecule has 0 bridgehead atoms. The van der Waals surface area contributed by atoms with Crippen molar-refractivity contribution in [1.82, 2.24) is 10.2 Å². The summed E-state index contributed by atoms with van der Waals surface area (Å²) in [6.07, 6.45) is 4.49. The zero-order valence-electron chi connectivity index (χ0n) is 10.8. The van der Waals surface area contributed by atoms with Crippen LogP contribution >= 0.6 is 0 Å². The Balaban J connectivity index is 2.47. The van der Waals surface area contributed by atoms with Crippen LogP contribution in [-0.4, -0.2) is 50.2 Å². The van der Waals surface area contributed by atoms with Crippen LogP contribution in [0.1, 0.15) is 32.6 Å². The summed E-state index contributed by atoms with van der Waals surface area (Å²) in [5.41, 5.74) is 0. The van der Waals surface area contributed by atoms with Gasteiger partial charge in [0.1, 0.15) is 6.10 Å². The molecule has 0 heterocycles. The fourth-order valence-electron chi connectivity index (χ4n) is 2.27. The molecule has 1 saturated carbocycles. The zero-order chi connectivity index (χ0) is 12.1. The highest BCUT2D eigenvalue weighted by Crippen LogP contribution is 2.22. The molecule has 0 aromatic carbocycles. The molecule has 4 heteroatoms. The summed E-state index contributed by atoms with van der Waals surface area (Å²) in [6.45, 7) is 1.84. The number of likely N-dealkylation sites (N-methyl/N-ethyl adjacent to an activating group) is 2. The average molecular weight is 228 g/mol. The van der Waals surface area contributed by atoms with Crippen LogP contribution in [0.25, 0.3) is 0 Å². The Morgan fingerprint density at radius 1 is 1.38 bits per heavy atom. The molecule has 0 aromatic rings. The standard InChI is InChI=1S/C12H24N2O2/c1-9(12(15)14(3)4)16-11-8-6-5-7-10(11)13-2/h9-11,13H,5-8H2,1-4H3. The van der Waals surface area contributed by atoms with E-state index in [4.69, 9.17) is 4.74 Å². The maximum absolute atomic E-state index is 11.7. The van der Waals surface area contributed by atoms with Crippen LogP contribution in [0.3, 0.4) is 0 Å². The number of carbonyl (C=O) groups excluding carboxylic acids is 1. The molecule has 0 aromatic heterocycles. The first-order valence-electron chi connectivity index (χ1n) is 6.10. The van der Waals surface area contributed by atoms with Crippen LogP contribution < -0.4 is 5.32 Å². The minimum Gasteiger partial charge on any atom is -0.364 e. The van der Waals surface area contributed by atoms with Crippen molar-refractivity contribution in [2.24, 2.45) is 0 Å². The third kappa shape index (κ3) is 3.46. The van der Waals surface area contributed by atoms with E-state index in [9.17, 15) is 4.79 Å². The highest BCUT2D eigenvalue weighted by atomic mass is 16.5. The smallest absolute Gasteiger partial charge is 0.250 e. The molecule has 4 nitrogen and oxygen atoms in total. The summed E-state index contributed by atoms with van der Waals surface area (Å²) in [5, 5.41) is 3.28. The lowest BCUT2D eigenvalue weighted by molar-refractivity contribution is -0.145. The van der Waals surface area contributed by atoms with E-state index in [1.807, 2.05) is 14.0 Å². The zero-order valence-corrected chi connectivity index (χ0v) is 10.8. The van der Waals surface area contributed by atoms with Gasteiger partial charge in [0.15, 0.2) is 0 Å². The molecule has 3 unspecified atom stereocenters. The molecule has 1 N–H and O–H groups in total. The summed E-state index contributed by atoms with van der Waals surface area (Å²) in [4.78, 5) is 13.3. The molecule has 1 rings (SSSR count). The lowest BCUT2D eigenvalue weighted by atomic mass is 9.92. The van der Waals surface area contributed by atoms with Crippen LogP contribution in [0.2, 0.25) is 0 Å². The molecule has 1 amide bonds. The molecule has 16 heavy (non-hydrogen) atoms. The topological polar surface area (TPSA) is 41.6 Å². The minimum atomic E-state index is -0.339. The number of hydrogen-bond acceptors (Lipinski definition) is 3. The summed E-state index contributed by atoms with van der Waals surface area (Å²) < 4.78 is 5.86. The molecule has 0 saturated heterocycles. The van der Waals surface area contributed by atoms with Crippen LogP contribution in [0.5, 0.6) is 0 Å². The molecule has 94 valence electrons. The van der Waals surface area contributed by atoms with Crippen LogP contribution in [-0.2, 0) is 9.53 Å². The lowest BCUT2D eigenvalue weighted by Crippen LogP contribution is -2.45. The van der Waals surface area contributed by atoms with E-state index in [1.165, 1.54) is 12.8 Å². The van der Waals surface area contributed by atoms with Gasteiger partial charge in [0.2, 0.25) is 0 Å². The highest BCUT2D eigenvalue weighted by molar-refractivity contribution is 5.79. The van der Waals surface area contributed by atoms with Crippen molar-refractivity contribution in [1.29, 1.82) is 0 Å². The average Bonchev–Trinajstić information content (AvgIpc) is 2.28. The second-order valence-electron chi connectivity index (χ2n) is 4.73. The van der Waals surface area contributed by atoms with Crippen LogP contribution in [0.15, 0.2) is 0 Å². The predicted molar refractivity (Wildman–Crippen MR) is 64.3 cm³/mol. The molecule has 0 radical (unpaired) electrons. The van der Waals surface area contributed by atoms with Gasteiger partial charge in [-0.1, -0.05) is 12.8 Å². The Morgan fingerprint density at radius 2 is 2.00 bits per heavy atom. The fraction of sp³-hybridized carbons (Fsp3) is 0.917. The molecule has 1 fully saturated rings. The van der Waals surface area contributed by atoms with E-state index in [0.717, 1.165) is 12.8 Å². The van der Waals surface area contributed by atoms with Gasteiger partial charge >= 0.3 is 0 Å². The lowest BCUT2D eigenvalue weighted by Gasteiger charge is -2.33. The number of amides is 1. The van der Waals surface area contributed by atoms with Crippen LogP contribution in [0, 0.1) is 0 Å². The summed E-state index contributed by atoms with van der Waals surface area (Å²) in [7, 11) is 5.49. The second-order valence-corrected chi connectivity index (χ2v) is 4.73. The molecule has 3 atom stereocenters. The van der Waals surface area contributed by atoms with Gasteiger partial charge in [0.05, 0.1) is 6.10 Å².